The van der Waals surface area contributed by atoms with Crippen LogP contribution in [0.4, 0.5) is 0 Å². The normalized spacial score (nSPS) is 12.2. The summed E-state index contributed by atoms with van der Waals surface area (Å²) in [7, 11) is 1.47. The highest BCUT2D eigenvalue weighted by molar-refractivity contribution is 5.92. The summed E-state index contributed by atoms with van der Waals surface area (Å²) in [6.45, 7) is 1.44. The van der Waals surface area contributed by atoms with Crippen LogP contribution in [0.1, 0.15) is 17.4 Å². The number of nitrogens with one attached hydrogen (secondary N) is 2. The molecule has 16 heavy (non-hydrogen) atoms. The quantitative estimate of drug-likeness (QED) is 0.585. The van der Waals surface area contributed by atoms with Crippen LogP contribution < -0.4 is 11.2 Å². The second kappa shape index (κ2) is 4.75. The molecule has 1 rings (SSSR count). The van der Waals surface area contributed by atoms with Crippen molar-refractivity contribution >= 4 is 5.91 Å². The van der Waals surface area contributed by atoms with E-state index in [1.54, 1.807) is 6.92 Å². The summed E-state index contributed by atoms with van der Waals surface area (Å²) in [5.41, 5.74) is -1.48. The van der Waals surface area contributed by atoms with Gasteiger partial charge in [-0.05, 0) is 6.92 Å². The molecule has 0 saturated carbocycles. The fourth-order valence-corrected chi connectivity index (χ4v) is 1.10. The van der Waals surface area contributed by atoms with Crippen molar-refractivity contribution in [2.24, 2.45) is 0 Å². The van der Waals surface area contributed by atoms with Crippen molar-refractivity contribution in [3.63, 3.8) is 0 Å². The molecule has 0 aromatic carbocycles. The minimum Gasteiger partial charge on any atom is -0.394 e. The van der Waals surface area contributed by atoms with Gasteiger partial charge in [0.25, 0.3) is 11.5 Å². The number of hydrogen-bond acceptors (Lipinski definition) is 4. The fourth-order valence-electron chi connectivity index (χ4n) is 1.10. The molecule has 3 N–H and O–H groups in total. The van der Waals surface area contributed by atoms with E-state index in [0.717, 1.165) is 6.07 Å². The number of carbonyl (C=O) groups excluding carboxylic acids is 1. The fraction of sp³-hybridized carbons (Fsp3) is 0.444. The molecule has 1 heterocycles. The molecular formula is C9H13N3O4. The Hall–Kier alpha value is -1.89. The molecule has 0 aliphatic rings. The number of aromatic amines is 2. The van der Waals surface area contributed by atoms with Crippen LogP contribution in [0, 0.1) is 0 Å². The Balaban J connectivity index is 3.05. The van der Waals surface area contributed by atoms with Crippen LogP contribution >= 0.6 is 0 Å². The van der Waals surface area contributed by atoms with Crippen LogP contribution in [-0.4, -0.2) is 45.6 Å². The number of H-pyrrole nitrogens is 2. The van der Waals surface area contributed by atoms with E-state index in [0.29, 0.717) is 0 Å². The summed E-state index contributed by atoms with van der Waals surface area (Å²) in [5, 5.41) is 8.88. The Morgan fingerprint density at radius 1 is 1.50 bits per heavy atom. The molecule has 0 bridgehead atoms. The molecule has 0 spiro atoms. The van der Waals surface area contributed by atoms with Gasteiger partial charge in [-0.3, -0.25) is 14.6 Å². The number of rotatable bonds is 3. The SMILES string of the molecule is CC(CO)N(C)C(=O)c1cc(=O)[nH]c(=O)[nH]1. The Kier molecular flexibility index (Phi) is 3.62. The van der Waals surface area contributed by atoms with Crippen molar-refractivity contribution in [3.8, 4) is 0 Å². The van der Waals surface area contributed by atoms with E-state index in [-0.39, 0.29) is 12.3 Å². The summed E-state index contributed by atoms with van der Waals surface area (Å²) < 4.78 is 0. The average Bonchev–Trinajstić information content (AvgIpc) is 2.24. The van der Waals surface area contributed by atoms with Gasteiger partial charge in [0.15, 0.2) is 0 Å². The molecule has 0 aliphatic carbocycles. The van der Waals surface area contributed by atoms with Gasteiger partial charge in [-0.2, -0.15) is 0 Å². The van der Waals surface area contributed by atoms with Crippen molar-refractivity contribution in [3.05, 3.63) is 32.6 Å². The van der Waals surface area contributed by atoms with Gasteiger partial charge in [0.05, 0.1) is 12.6 Å². The second-order valence-electron chi connectivity index (χ2n) is 3.45. The summed E-state index contributed by atoms with van der Waals surface area (Å²) in [4.78, 5) is 39.1. The third-order valence-electron chi connectivity index (χ3n) is 2.24. The average molecular weight is 227 g/mol. The molecule has 1 amide bonds. The van der Waals surface area contributed by atoms with Crippen LogP contribution in [0.15, 0.2) is 15.7 Å². The third kappa shape index (κ3) is 2.57. The van der Waals surface area contributed by atoms with Crippen LogP contribution in [0.25, 0.3) is 0 Å². The molecule has 88 valence electrons. The van der Waals surface area contributed by atoms with Gasteiger partial charge < -0.3 is 15.0 Å². The maximum atomic E-state index is 11.7. The predicted molar refractivity (Wildman–Crippen MR) is 56.3 cm³/mol. The largest absolute Gasteiger partial charge is 0.394 e. The number of hydrogen-bond donors (Lipinski definition) is 3. The Morgan fingerprint density at radius 3 is 2.62 bits per heavy atom. The minimum absolute atomic E-state index is 0.100. The topological polar surface area (TPSA) is 106 Å². The van der Waals surface area contributed by atoms with Crippen LogP contribution in [-0.2, 0) is 0 Å². The highest BCUT2D eigenvalue weighted by Gasteiger charge is 2.17. The number of aliphatic hydroxyl groups is 1. The van der Waals surface area contributed by atoms with E-state index in [2.05, 4.69) is 4.98 Å². The Bertz CT molecular complexity index is 462. The molecule has 0 saturated heterocycles. The van der Waals surface area contributed by atoms with Gasteiger partial charge in [-0.25, -0.2) is 4.79 Å². The number of carbonyl (C=O) groups is 1. The first kappa shape index (κ1) is 12.2. The van der Waals surface area contributed by atoms with Crippen molar-refractivity contribution in [2.75, 3.05) is 13.7 Å². The van der Waals surface area contributed by atoms with E-state index in [4.69, 9.17) is 5.11 Å². The number of nitrogens with zero attached hydrogens (tertiary/aromatic N) is 1. The predicted octanol–water partition coefficient (Wildman–Crippen LogP) is -1.48. The lowest BCUT2D eigenvalue weighted by Crippen LogP contribution is -2.39. The van der Waals surface area contributed by atoms with Crippen molar-refractivity contribution in [2.45, 2.75) is 13.0 Å². The first-order valence-corrected chi connectivity index (χ1v) is 4.67. The molecule has 1 aromatic heterocycles. The van der Waals surface area contributed by atoms with Crippen LogP contribution in [0.5, 0.6) is 0 Å². The molecule has 0 radical (unpaired) electrons. The molecule has 7 nitrogen and oxygen atoms in total. The Morgan fingerprint density at radius 2 is 2.12 bits per heavy atom. The zero-order valence-corrected chi connectivity index (χ0v) is 8.98. The lowest BCUT2D eigenvalue weighted by molar-refractivity contribution is 0.0675. The standard InChI is InChI=1S/C9H13N3O4/c1-5(4-13)12(2)8(15)6-3-7(14)11-9(16)10-6/h3,5,13H,4H2,1-2H3,(H2,10,11,14,16). The molecule has 0 fully saturated rings. The van der Waals surface area contributed by atoms with Crippen molar-refractivity contribution < 1.29 is 9.90 Å². The monoisotopic (exact) mass is 227 g/mol. The highest BCUT2D eigenvalue weighted by atomic mass is 16.3. The second-order valence-corrected chi connectivity index (χ2v) is 3.45. The molecule has 0 aliphatic heterocycles. The van der Waals surface area contributed by atoms with E-state index in [1.165, 1.54) is 11.9 Å². The maximum Gasteiger partial charge on any atom is 0.326 e. The third-order valence-corrected chi connectivity index (χ3v) is 2.24. The van der Waals surface area contributed by atoms with Gasteiger partial charge in [0.2, 0.25) is 0 Å². The number of likely N-dealkylation sites (N-methyl/N-ethyl adjacent to an activating group) is 1. The molecule has 1 aromatic rings. The molecular weight excluding hydrogens is 214 g/mol. The van der Waals surface area contributed by atoms with E-state index in [1.807, 2.05) is 4.98 Å². The summed E-state index contributed by atoms with van der Waals surface area (Å²) >= 11 is 0. The van der Waals surface area contributed by atoms with Crippen LogP contribution in [0.2, 0.25) is 0 Å². The van der Waals surface area contributed by atoms with Crippen molar-refractivity contribution in [1.29, 1.82) is 0 Å². The first-order chi connectivity index (χ1) is 7.45. The lowest BCUT2D eigenvalue weighted by Gasteiger charge is -2.22. The van der Waals surface area contributed by atoms with Gasteiger partial charge in [-0.15, -0.1) is 0 Å². The molecule has 1 atom stereocenters. The van der Waals surface area contributed by atoms with E-state index < -0.39 is 23.2 Å². The maximum absolute atomic E-state index is 11.7. The summed E-state index contributed by atoms with van der Waals surface area (Å²) in [5.74, 6) is -0.523. The van der Waals surface area contributed by atoms with E-state index in [9.17, 15) is 14.4 Å². The zero-order chi connectivity index (χ0) is 12.3. The Labute approximate surface area is 90.7 Å². The molecule has 7 heteroatoms. The first-order valence-electron chi connectivity index (χ1n) is 4.67. The lowest BCUT2D eigenvalue weighted by atomic mass is 10.3. The smallest absolute Gasteiger partial charge is 0.326 e. The number of aliphatic hydroxyl groups excluding tert-OH is 1. The number of aromatic nitrogens is 2. The molecule has 1 unspecified atom stereocenters. The van der Waals surface area contributed by atoms with E-state index >= 15 is 0 Å². The summed E-state index contributed by atoms with van der Waals surface area (Å²) in [6, 6.07) is 0.611. The highest BCUT2D eigenvalue weighted by Crippen LogP contribution is 2.00. The summed E-state index contributed by atoms with van der Waals surface area (Å²) in [6.07, 6.45) is 0. The van der Waals surface area contributed by atoms with Gasteiger partial charge in [0, 0.05) is 13.1 Å². The van der Waals surface area contributed by atoms with Gasteiger partial charge in [-0.1, -0.05) is 0 Å². The zero-order valence-electron chi connectivity index (χ0n) is 8.98. The minimum atomic E-state index is -0.735. The van der Waals surface area contributed by atoms with Crippen molar-refractivity contribution in [1.82, 2.24) is 14.9 Å². The number of amides is 1. The van der Waals surface area contributed by atoms with Crippen LogP contribution in [0.3, 0.4) is 0 Å². The van der Waals surface area contributed by atoms with Gasteiger partial charge in [0.1, 0.15) is 5.69 Å². The van der Waals surface area contributed by atoms with Gasteiger partial charge >= 0.3 is 5.69 Å².